The van der Waals surface area contributed by atoms with Crippen molar-refractivity contribution in [1.29, 1.82) is 0 Å². The van der Waals surface area contributed by atoms with Gasteiger partial charge in [0.1, 0.15) is 16.9 Å². The van der Waals surface area contributed by atoms with Gasteiger partial charge in [0.2, 0.25) is 11.8 Å². The second kappa shape index (κ2) is 16.9. The van der Waals surface area contributed by atoms with Gasteiger partial charge in [-0.25, -0.2) is 4.98 Å². The summed E-state index contributed by atoms with van der Waals surface area (Å²) in [5, 5.41) is 25.8. The Bertz CT molecular complexity index is 2090. The molecule has 2 aromatic carbocycles. The molecule has 4 N–H and O–H groups in total. The van der Waals surface area contributed by atoms with Gasteiger partial charge < -0.3 is 30.3 Å². The molecular formula is C41H43Cl2N5O7. The number of carbonyl (C=O) groups is 3. The quantitative estimate of drug-likeness (QED) is 0.116. The van der Waals surface area contributed by atoms with E-state index in [-0.39, 0.29) is 23.9 Å². The number of carboxylic acid groups (broad SMARTS) is 2. The molecular weight excluding hydrogens is 745 g/mol. The van der Waals surface area contributed by atoms with Crippen molar-refractivity contribution in [2.24, 2.45) is 11.8 Å². The molecule has 7 rings (SSSR count). The summed E-state index contributed by atoms with van der Waals surface area (Å²) < 4.78 is 12.1. The zero-order valence-corrected chi connectivity index (χ0v) is 31.9. The van der Waals surface area contributed by atoms with Gasteiger partial charge in [0.25, 0.3) is 5.91 Å². The molecule has 2 aromatic heterocycles. The summed E-state index contributed by atoms with van der Waals surface area (Å²) in [5.74, 6) is -1.69. The maximum atomic E-state index is 13.7. The first-order valence-corrected chi connectivity index (χ1v) is 19.3. The SMILES string of the molecule is COc1nc(O[C@H]2CCc3c(-c4cccc(C(=O)Nc5ncccc5CC5CCC(C(=O)O)CN5)c4Cl)cccc32)c(Cl)cc1CN1CCC[C@H](C(=O)O)C1. The van der Waals surface area contributed by atoms with E-state index in [2.05, 4.69) is 25.5 Å². The van der Waals surface area contributed by atoms with E-state index in [1.807, 2.05) is 42.5 Å². The minimum Gasteiger partial charge on any atom is -0.481 e. The van der Waals surface area contributed by atoms with Crippen molar-refractivity contribution in [3.05, 3.63) is 98.7 Å². The van der Waals surface area contributed by atoms with Crippen molar-refractivity contribution < 1.29 is 34.1 Å². The standard InChI is InChI=1S/C41H43Cl2N5O7/c1-54-38-26(22-48-17-5-7-25(21-48)41(52)53)19-33(42)39(47-38)55-34-15-14-29-28(8-2-9-30(29)34)31-10-3-11-32(35(31)43)37(49)46-36-23(6-4-16-44-36)18-27-13-12-24(20-45-27)40(50)51/h2-4,6,8-11,16,19,24-25,27,34,45H,5,7,12-15,17-18,20-22H2,1H3,(H,50,51)(H,52,53)(H,44,46,49)/t24?,25-,27?,34-/m0/s1. The lowest BCUT2D eigenvalue weighted by Crippen LogP contribution is -2.42. The minimum atomic E-state index is -0.790. The number of carboxylic acids is 2. The Balaban J connectivity index is 1.06. The van der Waals surface area contributed by atoms with Crippen molar-refractivity contribution in [3.63, 3.8) is 0 Å². The van der Waals surface area contributed by atoms with Gasteiger partial charge in [-0.1, -0.05) is 59.6 Å². The van der Waals surface area contributed by atoms with E-state index in [0.29, 0.717) is 85.5 Å². The Morgan fingerprint density at radius 3 is 2.51 bits per heavy atom. The average Bonchev–Trinajstić information content (AvgIpc) is 3.60. The average molecular weight is 789 g/mol. The largest absolute Gasteiger partial charge is 0.481 e. The smallest absolute Gasteiger partial charge is 0.307 e. The number of hydrogen-bond donors (Lipinski definition) is 4. The van der Waals surface area contributed by atoms with Gasteiger partial charge in [0.05, 0.1) is 29.5 Å². The summed E-state index contributed by atoms with van der Waals surface area (Å²) >= 11 is 13.8. The van der Waals surface area contributed by atoms with Crippen molar-refractivity contribution in [1.82, 2.24) is 20.2 Å². The van der Waals surface area contributed by atoms with Gasteiger partial charge >= 0.3 is 11.9 Å². The Hall–Kier alpha value is -4.75. The highest BCUT2D eigenvalue weighted by Crippen LogP contribution is 2.43. The molecule has 0 spiro atoms. The van der Waals surface area contributed by atoms with Crippen LogP contribution in [0.3, 0.4) is 0 Å². The van der Waals surface area contributed by atoms with Gasteiger partial charge in [-0.05, 0) is 91.9 Å². The first-order chi connectivity index (χ1) is 26.6. The van der Waals surface area contributed by atoms with E-state index in [4.69, 9.17) is 32.7 Å². The number of fused-ring (bicyclic) bond motifs is 1. The molecule has 0 bridgehead atoms. The van der Waals surface area contributed by atoms with Gasteiger partial charge in [-0.3, -0.25) is 19.3 Å². The number of carbonyl (C=O) groups excluding carboxylic acids is 1. The number of nitrogens with zero attached hydrogens (tertiary/aromatic N) is 3. The lowest BCUT2D eigenvalue weighted by molar-refractivity contribution is -0.144. The molecule has 0 saturated carbocycles. The fourth-order valence-electron chi connectivity index (χ4n) is 8.01. The molecule has 2 unspecified atom stereocenters. The zero-order valence-electron chi connectivity index (χ0n) is 30.4. The van der Waals surface area contributed by atoms with Crippen LogP contribution in [0.1, 0.15) is 70.8 Å². The number of piperidine rings is 2. The molecule has 1 amide bonds. The molecule has 2 aliphatic heterocycles. The van der Waals surface area contributed by atoms with Crippen LogP contribution in [0.4, 0.5) is 5.82 Å². The highest BCUT2D eigenvalue weighted by molar-refractivity contribution is 6.37. The number of rotatable bonds is 12. The molecule has 55 heavy (non-hydrogen) atoms. The highest BCUT2D eigenvalue weighted by atomic mass is 35.5. The molecule has 14 heteroatoms. The summed E-state index contributed by atoms with van der Waals surface area (Å²) in [6.45, 7) is 2.11. The zero-order chi connectivity index (χ0) is 38.6. The van der Waals surface area contributed by atoms with Crippen LogP contribution in [0.2, 0.25) is 10.0 Å². The Morgan fingerprint density at radius 2 is 1.75 bits per heavy atom. The lowest BCUT2D eigenvalue weighted by atomic mass is 9.91. The van der Waals surface area contributed by atoms with Crippen molar-refractivity contribution in [3.8, 4) is 22.9 Å². The highest BCUT2D eigenvalue weighted by Gasteiger charge is 2.31. The Kier molecular flexibility index (Phi) is 11.9. The van der Waals surface area contributed by atoms with Crippen LogP contribution in [0.5, 0.6) is 11.8 Å². The number of amides is 1. The third-order valence-electron chi connectivity index (χ3n) is 10.9. The first-order valence-electron chi connectivity index (χ1n) is 18.6. The minimum absolute atomic E-state index is 0.0725. The summed E-state index contributed by atoms with van der Waals surface area (Å²) in [6.07, 6.45) is 6.03. The Morgan fingerprint density at radius 1 is 0.945 bits per heavy atom. The van der Waals surface area contributed by atoms with Gasteiger partial charge in [-0.15, -0.1) is 0 Å². The molecule has 4 aromatic rings. The number of hydrogen-bond acceptors (Lipinski definition) is 9. The first kappa shape index (κ1) is 38.5. The van der Waals surface area contributed by atoms with Gasteiger partial charge in [0, 0.05) is 43.0 Å². The normalized spacial score (nSPS) is 21.1. The second-order valence-corrected chi connectivity index (χ2v) is 15.2. The number of aromatic nitrogens is 2. The van der Waals surface area contributed by atoms with Crippen LogP contribution in [0, 0.1) is 11.8 Å². The molecule has 12 nitrogen and oxygen atoms in total. The van der Waals surface area contributed by atoms with Crippen LogP contribution < -0.4 is 20.1 Å². The topological polar surface area (TPSA) is 163 Å². The maximum Gasteiger partial charge on any atom is 0.307 e. The number of methoxy groups -OCH3 is 1. The monoisotopic (exact) mass is 787 g/mol. The van der Waals surface area contributed by atoms with Crippen LogP contribution in [0.15, 0.2) is 60.8 Å². The van der Waals surface area contributed by atoms with E-state index in [0.717, 1.165) is 46.3 Å². The van der Waals surface area contributed by atoms with E-state index < -0.39 is 23.8 Å². The third kappa shape index (κ3) is 8.57. The fraction of sp³-hybridized carbons (Fsp3) is 0.390. The molecule has 4 atom stereocenters. The van der Waals surface area contributed by atoms with Gasteiger partial charge in [0.15, 0.2) is 0 Å². The fourth-order valence-corrected chi connectivity index (χ4v) is 8.54. The lowest BCUT2D eigenvalue weighted by Gasteiger charge is -2.30. The number of halogens is 2. The van der Waals surface area contributed by atoms with Crippen LogP contribution in [-0.2, 0) is 29.0 Å². The second-order valence-electron chi connectivity index (χ2n) is 14.4. The number of aliphatic carboxylic acids is 2. The van der Waals surface area contributed by atoms with Crippen molar-refractivity contribution in [2.45, 2.75) is 63.6 Å². The molecule has 1 aliphatic carbocycles. The number of ether oxygens (including phenoxy) is 2. The van der Waals surface area contributed by atoms with Crippen molar-refractivity contribution in [2.75, 3.05) is 32.1 Å². The third-order valence-corrected chi connectivity index (χ3v) is 11.6. The van der Waals surface area contributed by atoms with Crippen LogP contribution in [0.25, 0.3) is 11.1 Å². The van der Waals surface area contributed by atoms with E-state index in [1.54, 1.807) is 25.4 Å². The summed E-state index contributed by atoms with van der Waals surface area (Å²) in [6, 6.07) is 16.9. The number of pyridine rings is 2. The van der Waals surface area contributed by atoms with Gasteiger partial charge in [-0.2, -0.15) is 4.98 Å². The number of nitrogens with one attached hydrogen (secondary N) is 2. The molecule has 2 saturated heterocycles. The summed E-state index contributed by atoms with van der Waals surface area (Å²) in [5.41, 5.74) is 5.57. The predicted octanol–water partition coefficient (Wildman–Crippen LogP) is 7.07. The number of benzene rings is 2. The Labute approximate surface area is 329 Å². The number of likely N-dealkylation sites (tertiary alicyclic amines) is 1. The summed E-state index contributed by atoms with van der Waals surface area (Å²) in [7, 11) is 1.54. The summed E-state index contributed by atoms with van der Waals surface area (Å²) in [4.78, 5) is 47.9. The molecule has 3 aliphatic rings. The maximum absolute atomic E-state index is 13.7. The van der Waals surface area contributed by atoms with Crippen LogP contribution in [-0.4, -0.2) is 75.7 Å². The molecule has 4 heterocycles. The van der Waals surface area contributed by atoms with E-state index in [9.17, 15) is 24.6 Å². The van der Waals surface area contributed by atoms with E-state index in [1.165, 1.54) is 0 Å². The van der Waals surface area contributed by atoms with E-state index >= 15 is 0 Å². The molecule has 288 valence electrons. The van der Waals surface area contributed by atoms with Crippen molar-refractivity contribution >= 4 is 46.9 Å². The molecule has 2 fully saturated rings. The predicted molar refractivity (Wildman–Crippen MR) is 208 cm³/mol. The molecule has 0 radical (unpaired) electrons. The number of anilines is 1. The van der Waals surface area contributed by atoms with Crippen LogP contribution >= 0.6 is 23.2 Å².